The molecule has 1 fully saturated rings. The molecule has 0 unspecified atom stereocenters. The van der Waals surface area contributed by atoms with E-state index in [-0.39, 0.29) is 16.2 Å². The Balaban J connectivity index is 2.19. The summed E-state index contributed by atoms with van der Waals surface area (Å²) in [5.41, 5.74) is 0.488. The van der Waals surface area contributed by atoms with Crippen LogP contribution < -0.4 is 0 Å². The van der Waals surface area contributed by atoms with Gasteiger partial charge in [0.25, 0.3) is 14.2 Å². The summed E-state index contributed by atoms with van der Waals surface area (Å²) in [5, 5.41) is 7.13. The highest BCUT2D eigenvalue weighted by molar-refractivity contribution is 8.13. The van der Waals surface area contributed by atoms with Crippen LogP contribution in [-0.2, 0) is 9.05 Å². The minimum Gasteiger partial charge on any atom is -0.294 e. The van der Waals surface area contributed by atoms with Gasteiger partial charge in [-0.05, 0) is 31.0 Å². The minimum absolute atomic E-state index is 0.00708. The molecule has 1 aromatic carbocycles. The van der Waals surface area contributed by atoms with Gasteiger partial charge in [-0.15, -0.1) is 10.2 Å². The Hall–Kier alpha value is -1.18. The quantitative estimate of drug-likeness (QED) is 0.809. The van der Waals surface area contributed by atoms with Crippen molar-refractivity contribution >= 4 is 31.3 Å². The summed E-state index contributed by atoms with van der Waals surface area (Å²) in [6.07, 6.45) is 1.64. The van der Waals surface area contributed by atoms with E-state index in [9.17, 15) is 12.8 Å². The molecular formula is C11H8Cl2FN3O2S. The summed E-state index contributed by atoms with van der Waals surface area (Å²) in [6, 6.07) is 4.03. The van der Waals surface area contributed by atoms with Gasteiger partial charge in [-0.25, -0.2) is 12.8 Å². The second-order valence-corrected chi connectivity index (χ2v) is 7.34. The summed E-state index contributed by atoms with van der Waals surface area (Å²) >= 11 is 5.73. The fourth-order valence-electron chi connectivity index (χ4n) is 1.94. The number of hydrogen-bond acceptors (Lipinski definition) is 4. The van der Waals surface area contributed by atoms with Crippen molar-refractivity contribution in [2.24, 2.45) is 0 Å². The first kappa shape index (κ1) is 13.8. The van der Waals surface area contributed by atoms with Gasteiger partial charge < -0.3 is 0 Å². The Labute approximate surface area is 123 Å². The molecule has 0 bridgehead atoms. The lowest BCUT2D eigenvalue weighted by atomic mass is 10.2. The molecule has 0 spiro atoms. The predicted octanol–water partition coefficient (Wildman–Crippen LogP) is 3.00. The highest BCUT2D eigenvalue weighted by Gasteiger charge is 2.34. The monoisotopic (exact) mass is 335 g/mol. The van der Waals surface area contributed by atoms with Crippen LogP contribution in [0.2, 0.25) is 5.02 Å². The molecule has 0 atom stereocenters. The molecule has 1 heterocycles. The molecule has 0 N–H and O–H groups in total. The van der Waals surface area contributed by atoms with E-state index < -0.39 is 14.9 Å². The Kier molecular flexibility index (Phi) is 3.23. The topological polar surface area (TPSA) is 64.8 Å². The Morgan fingerprint density at radius 1 is 1.30 bits per heavy atom. The lowest BCUT2D eigenvalue weighted by Gasteiger charge is -2.07. The molecule has 0 aliphatic heterocycles. The SMILES string of the molecule is O=S(=O)(Cl)c1nnc(-c2ccc(F)c(Cl)c2)n1C1CC1. The molecule has 3 rings (SSSR count). The van der Waals surface area contributed by atoms with Crippen LogP contribution >= 0.6 is 22.3 Å². The zero-order valence-electron chi connectivity index (χ0n) is 9.92. The fraction of sp³-hybridized carbons (Fsp3) is 0.273. The van der Waals surface area contributed by atoms with E-state index in [1.165, 1.54) is 22.8 Å². The van der Waals surface area contributed by atoms with E-state index in [2.05, 4.69) is 10.2 Å². The van der Waals surface area contributed by atoms with E-state index in [0.29, 0.717) is 11.4 Å². The van der Waals surface area contributed by atoms with E-state index >= 15 is 0 Å². The van der Waals surface area contributed by atoms with Crippen molar-refractivity contribution in [2.75, 3.05) is 0 Å². The van der Waals surface area contributed by atoms with Crippen LogP contribution in [0.4, 0.5) is 4.39 Å². The van der Waals surface area contributed by atoms with Gasteiger partial charge in [-0.1, -0.05) is 11.6 Å². The Morgan fingerprint density at radius 3 is 2.55 bits per heavy atom. The molecular weight excluding hydrogens is 328 g/mol. The van der Waals surface area contributed by atoms with E-state index in [0.717, 1.165) is 12.8 Å². The molecule has 5 nitrogen and oxygen atoms in total. The van der Waals surface area contributed by atoms with Gasteiger partial charge in [0.2, 0.25) is 0 Å². The third kappa shape index (κ3) is 2.41. The number of halogens is 3. The third-order valence-electron chi connectivity index (χ3n) is 2.97. The van der Waals surface area contributed by atoms with E-state index in [1.807, 2.05) is 0 Å². The second kappa shape index (κ2) is 4.68. The van der Waals surface area contributed by atoms with Gasteiger partial charge >= 0.3 is 0 Å². The first-order valence-corrected chi connectivity index (χ1v) is 8.41. The van der Waals surface area contributed by atoms with Crippen molar-refractivity contribution in [3.63, 3.8) is 0 Å². The van der Waals surface area contributed by atoms with Gasteiger partial charge in [0.15, 0.2) is 5.82 Å². The highest BCUT2D eigenvalue weighted by atomic mass is 35.7. The zero-order valence-corrected chi connectivity index (χ0v) is 12.3. The van der Waals surface area contributed by atoms with Gasteiger partial charge in [0.1, 0.15) is 5.82 Å². The van der Waals surface area contributed by atoms with E-state index in [4.69, 9.17) is 22.3 Å². The van der Waals surface area contributed by atoms with Gasteiger partial charge in [0.05, 0.1) is 5.02 Å². The first-order chi connectivity index (χ1) is 9.38. The summed E-state index contributed by atoms with van der Waals surface area (Å²) in [7, 11) is 1.37. The van der Waals surface area contributed by atoms with Gasteiger partial charge in [0, 0.05) is 22.3 Å². The lowest BCUT2D eigenvalue weighted by molar-refractivity contribution is 0.579. The summed E-state index contributed by atoms with van der Waals surface area (Å²) < 4.78 is 37.7. The largest absolute Gasteiger partial charge is 0.296 e. The summed E-state index contributed by atoms with van der Waals surface area (Å²) in [6.45, 7) is 0. The number of aromatic nitrogens is 3. The maximum atomic E-state index is 13.2. The van der Waals surface area contributed by atoms with Crippen molar-refractivity contribution in [1.29, 1.82) is 0 Å². The molecule has 2 aromatic rings. The molecule has 9 heteroatoms. The molecule has 1 saturated carbocycles. The molecule has 0 saturated heterocycles. The number of hydrogen-bond donors (Lipinski definition) is 0. The normalized spacial score (nSPS) is 15.6. The van der Waals surface area contributed by atoms with Crippen LogP contribution in [0.3, 0.4) is 0 Å². The Bertz CT molecular complexity index is 787. The zero-order chi connectivity index (χ0) is 14.5. The number of nitrogens with zero attached hydrogens (tertiary/aromatic N) is 3. The Morgan fingerprint density at radius 2 is 2.00 bits per heavy atom. The maximum absolute atomic E-state index is 13.2. The fourth-order valence-corrected chi connectivity index (χ4v) is 3.04. The van der Waals surface area contributed by atoms with Crippen molar-refractivity contribution in [2.45, 2.75) is 24.0 Å². The molecule has 1 aromatic heterocycles. The predicted molar refractivity (Wildman–Crippen MR) is 71.7 cm³/mol. The third-order valence-corrected chi connectivity index (χ3v) is 4.39. The van der Waals surface area contributed by atoms with Crippen LogP contribution in [0.5, 0.6) is 0 Å². The van der Waals surface area contributed by atoms with Crippen LogP contribution in [0.1, 0.15) is 18.9 Å². The smallest absolute Gasteiger partial charge is 0.294 e. The molecule has 20 heavy (non-hydrogen) atoms. The van der Waals surface area contributed by atoms with Gasteiger partial charge in [-0.2, -0.15) is 0 Å². The molecule has 1 aliphatic carbocycles. The second-order valence-electron chi connectivity index (χ2n) is 4.47. The van der Waals surface area contributed by atoms with Crippen molar-refractivity contribution in [1.82, 2.24) is 14.8 Å². The average molecular weight is 336 g/mol. The maximum Gasteiger partial charge on any atom is 0.296 e. The minimum atomic E-state index is -3.99. The average Bonchev–Trinajstić information content (AvgIpc) is 3.10. The van der Waals surface area contributed by atoms with Crippen LogP contribution in [0.15, 0.2) is 23.4 Å². The molecule has 106 valence electrons. The molecule has 0 amide bonds. The number of benzene rings is 1. The number of rotatable bonds is 3. The highest BCUT2D eigenvalue weighted by Crippen LogP contribution is 2.40. The van der Waals surface area contributed by atoms with Crippen molar-refractivity contribution in [3.8, 4) is 11.4 Å². The lowest BCUT2D eigenvalue weighted by Crippen LogP contribution is -2.06. The van der Waals surface area contributed by atoms with Gasteiger partial charge in [-0.3, -0.25) is 4.57 Å². The van der Waals surface area contributed by atoms with Crippen LogP contribution in [-0.4, -0.2) is 23.2 Å². The van der Waals surface area contributed by atoms with Crippen molar-refractivity contribution in [3.05, 3.63) is 29.0 Å². The van der Waals surface area contributed by atoms with Crippen molar-refractivity contribution < 1.29 is 12.8 Å². The standard InChI is InChI=1S/C11H8Cl2FN3O2S/c12-8-5-6(1-4-9(8)14)10-15-16-11(20(13,18)19)17(10)7-2-3-7/h1,4-5,7H,2-3H2. The first-order valence-electron chi connectivity index (χ1n) is 5.73. The van der Waals surface area contributed by atoms with E-state index in [1.54, 1.807) is 0 Å². The summed E-state index contributed by atoms with van der Waals surface area (Å²) in [4.78, 5) is 0. The molecule has 0 radical (unpaired) electrons. The van der Waals surface area contributed by atoms with Crippen LogP contribution in [0, 0.1) is 5.82 Å². The summed E-state index contributed by atoms with van der Waals surface area (Å²) in [5.74, 6) is -0.244. The van der Waals surface area contributed by atoms with Crippen LogP contribution in [0.25, 0.3) is 11.4 Å². The molecule has 1 aliphatic rings.